The van der Waals surface area contributed by atoms with Gasteiger partial charge in [-0.05, 0) is 48.6 Å². The van der Waals surface area contributed by atoms with Crippen LogP contribution in [-0.2, 0) is 0 Å². The smallest absolute Gasteiger partial charge is 0.0991 e. The zero-order valence-electron chi connectivity index (χ0n) is 10.4. The van der Waals surface area contributed by atoms with Gasteiger partial charge in [0.1, 0.15) is 0 Å². The zero-order valence-corrected chi connectivity index (χ0v) is 10.4. The number of fused-ring (bicyclic) bond motifs is 1. The monoisotopic (exact) mass is 236 g/mol. The number of nitrogens with zero attached hydrogens (tertiary/aromatic N) is 2. The molecule has 3 rings (SSSR count). The molecule has 0 atom stereocenters. The second-order valence-corrected chi connectivity index (χ2v) is 5.12. The number of rotatable bonds is 1. The first-order chi connectivity index (χ1) is 8.86. The molecule has 1 heterocycles. The summed E-state index contributed by atoms with van der Waals surface area (Å²) in [7, 11) is 0. The van der Waals surface area contributed by atoms with Gasteiger partial charge < -0.3 is 0 Å². The van der Waals surface area contributed by atoms with Gasteiger partial charge in [-0.25, -0.2) is 0 Å². The second-order valence-electron chi connectivity index (χ2n) is 5.12. The summed E-state index contributed by atoms with van der Waals surface area (Å²) in [5, 5.41) is 10.0. The SMILES string of the molecule is N#Cc1ccc2ncc(C3CCCCC3)cc2c1. The van der Waals surface area contributed by atoms with Crippen molar-refractivity contribution in [3.05, 3.63) is 41.6 Å². The fourth-order valence-electron chi connectivity index (χ4n) is 2.88. The molecular weight excluding hydrogens is 220 g/mol. The summed E-state index contributed by atoms with van der Waals surface area (Å²) in [5.74, 6) is 0.668. The van der Waals surface area contributed by atoms with Gasteiger partial charge in [-0.15, -0.1) is 0 Å². The number of nitriles is 1. The van der Waals surface area contributed by atoms with Gasteiger partial charge in [-0.3, -0.25) is 4.98 Å². The molecule has 1 aliphatic rings. The number of aromatic nitrogens is 1. The van der Waals surface area contributed by atoms with Crippen LogP contribution in [-0.4, -0.2) is 4.98 Å². The third kappa shape index (κ3) is 2.09. The van der Waals surface area contributed by atoms with Gasteiger partial charge in [0.25, 0.3) is 0 Å². The highest BCUT2D eigenvalue weighted by Gasteiger charge is 2.16. The van der Waals surface area contributed by atoms with Crippen molar-refractivity contribution in [3.8, 4) is 6.07 Å². The molecule has 1 aromatic heterocycles. The van der Waals surface area contributed by atoms with E-state index in [0.29, 0.717) is 11.5 Å². The summed E-state index contributed by atoms with van der Waals surface area (Å²) >= 11 is 0. The Balaban J connectivity index is 2.01. The van der Waals surface area contributed by atoms with Gasteiger partial charge in [0, 0.05) is 11.6 Å². The molecule has 0 unspecified atom stereocenters. The Bertz CT molecular complexity index is 604. The zero-order chi connectivity index (χ0) is 12.4. The third-order valence-electron chi connectivity index (χ3n) is 3.91. The largest absolute Gasteiger partial charge is 0.256 e. The molecule has 1 saturated carbocycles. The van der Waals surface area contributed by atoms with E-state index in [1.54, 1.807) is 0 Å². The van der Waals surface area contributed by atoms with Gasteiger partial charge in [-0.2, -0.15) is 5.26 Å². The van der Waals surface area contributed by atoms with Crippen LogP contribution in [0, 0.1) is 11.3 Å². The fraction of sp³-hybridized carbons (Fsp3) is 0.375. The summed E-state index contributed by atoms with van der Waals surface area (Å²) in [6, 6.07) is 10.1. The summed E-state index contributed by atoms with van der Waals surface area (Å²) in [6.07, 6.45) is 8.62. The van der Waals surface area contributed by atoms with Crippen molar-refractivity contribution in [3.63, 3.8) is 0 Å². The molecule has 2 aromatic rings. The Morgan fingerprint density at radius 3 is 2.72 bits per heavy atom. The highest BCUT2D eigenvalue weighted by molar-refractivity contribution is 5.80. The topological polar surface area (TPSA) is 36.7 Å². The minimum atomic E-state index is 0.668. The molecule has 0 spiro atoms. The Labute approximate surface area is 107 Å². The number of hydrogen-bond donors (Lipinski definition) is 0. The van der Waals surface area contributed by atoms with Crippen LogP contribution in [0.2, 0.25) is 0 Å². The van der Waals surface area contributed by atoms with Gasteiger partial charge in [0.15, 0.2) is 0 Å². The van der Waals surface area contributed by atoms with Crippen LogP contribution < -0.4 is 0 Å². The van der Waals surface area contributed by atoms with Crippen molar-refractivity contribution in [2.24, 2.45) is 0 Å². The van der Waals surface area contributed by atoms with E-state index in [1.807, 2.05) is 24.4 Å². The van der Waals surface area contributed by atoms with Crippen molar-refractivity contribution >= 4 is 10.9 Å². The van der Waals surface area contributed by atoms with Crippen LogP contribution in [0.5, 0.6) is 0 Å². The highest BCUT2D eigenvalue weighted by atomic mass is 14.7. The maximum absolute atomic E-state index is 8.94. The molecule has 1 aliphatic carbocycles. The van der Waals surface area contributed by atoms with Crippen molar-refractivity contribution in [1.29, 1.82) is 5.26 Å². The molecule has 18 heavy (non-hydrogen) atoms. The van der Waals surface area contributed by atoms with Gasteiger partial charge in [0.2, 0.25) is 0 Å². The van der Waals surface area contributed by atoms with E-state index in [1.165, 1.54) is 37.7 Å². The molecule has 0 amide bonds. The molecule has 0 bridgehead atoms. The number of benzene rings is 1. The Morgan fingerprint density at radius 1 is 1.11 bits per heavy atom. The second kappa shape index (κ2) is 4.78. The average molecular weight is 236 g/mol. The molecule has 2 nitrogen and oxygen atoms in total. The lowest BCUT2D eigenvalue weighted by Crippen LogP contribution is -2.04. The molecule has 0 N–H and O–H groups in total. The van der Waals surface area contributed by atoms with Crippen molar-refractivity contribution in [1.82, 2.24) is 4.98 Å². The van der Waals surface area contributed by atoms with Crippen LogP contribution in [0.1, 0.15) is 49.1 Å². The van der Waals surface area contributed by atoms with Gasteiger partial charge in [0.05, 0.1) is 17.1 Å². The summed E-state index contributed by atoms with van der Waals surface area (Å²) in [6.45, 7) is 0. The van der Waals surface area contributed by atoms with Gasteiger partial charge >= 0.3 is 0 Å². The molecule has 0 radical (unpaired) electrons. The molecule has 1 fully saturated rings. The predicted molar refractivity (Wildman–Crippen MR) is 72.3 cm³/mol. The lowest BCUT2D eigenvalue weighted by Gasteiger charge is -2.21. The minimum absolute atomic E-state index is 0.668. The van der Waals surface area contributed by atoms with Crippen LogP contribution >= 0.6 is 0 Å². The summed E-state index contributed by atoms with van der Waals surface area (Å²) in [5.41, 5.74) is 3.04. The number of hydrogen-bond acceptors (Lipinski definition) is 2. The van der Waals surface area contributed by atoms with E-state index in [0.717, 1.165) is 10.9 Å². The Kier molecular flexibility index (Phi) is 2.98. The standard InChI is InChI=1S/C16H16N2/c17-10-12-6-7-16-14(8-12)9-15(11-18-16)13-4-2-1-3-5-13/h6-9,11,13H,1-5H2. The third-order valence-corrected chi connectivity index (χ3v) is 3.91. The minimum Gasteiger partial charge on any atom is -0.256 e. The fourth-order valence-corrected chi connectivity index (χ4v) is 2.88. The summed E-state index contributed by atoms with van der Waals surface area (Å²) in [4.78, 5) is 4.52. The first-order valence-electron chi connectivity index (χ1n) is 6.66. The van der Waals surface area contributed by atoms with E-state index in [-0.39, 0.29) is 0 Å². The first kappa shape index (κ1) is 11.2. The lowest BCUT2D eigenvalue weighted by molar-refractivity contribution is 0.443. The average Bonchev–Trinajstić information content (AvgIpc) is 2.47. The van der Waals surface area contributed by atoms with E-state index in [4.69, 9.17) is 5.26 Å². The first-order valence-corrected chi connectivity index (χ1v) is 6.66. The van der Waals surface area contributed by atoms with Gasteiger partial charge in [-0.1, -0.05) is 19.3 Å². The summed E-state index contributed by atoms with van der Waals surface area (Å²) < 4.78 is 0. The molecule has 2 heteroatoms. The molecule has 0 aliphatic heterocycles. The van der Waals surface area contributed by atoms with Crippen molar-refractivity contribution in [2.75, 3.05) is 0 Å². The van der Waals surface area contributed by atoms with E-state index in [2.05, 4.69) is 17.1 Å². The normalized spacial score (nSPS) is 16.6. The van der Waals surface area contributed by atoms with E-state index in [9.17, 15) is 0 Å². The van der Waals surface area contributed by atoms with Crippen LogP contribution in [0.15, 0.2) is 30.5 Å². The maximum Gasteiger partial charge on any atom is 0.0991 e. The highest BCUT2D eigenvalue weighted by Crippen LogP contribution is 2.33. The molecular formula is C16H16N2. The van der Waals surface area contributed by atoms with Crippen LogP contribution in [0.25, 0.3) is 10.9 Å². The quantitative estimate of drug-likeness (QED) is 0.745. The van der Waals surface area contributed by atoms with Crippen LogP contribution in [0.3, 0.4) is 0 Å². The molecule has 0 saturated heterocycles. The van der Waals surface area contributed by atoms with E-state index >= 15 is 0 Å². The van der Waals surface area contributed by atoms with Crippen molar-refractivity contribution < 1.29 is 0 Å². The maximum atomic E-state index is 8.94. The number of pyridine rings is 1. The predicted octanol–water partition coefficient (Wildman–Crippen LogP) is 4.15. The lowest BCUT2D eigenvalue weighted by atomic mass is 9.84. The van der Waals surface area contributed by atoms with E-state index < -0.39 is 0 Å². The molecule has 1 aromatic carbocycles. The Morgan fingerprint density at radius 2 is 1.94 bits per heavy atom. The Hall–Kier alpha value is -1.88. The molecule has 90 valence electrons. The van der Waals surface area contributed by atoms with Crippen molar-refractivity contribution in [2.45, 2.75) is 38.0 Å². The van der Waals surface area contributed by atoms with Crippen LogP contribution in [0.4, 0.5) is 0 Å².